The number of rotatable bonds is 5. The Morgan fingerprint density at radius 3 is 2.77 bits per heavy atom. The van der Waals surface area contributed by atoms with Crippen LogP contribution < -0.4 is 5.32 Å². The summed E-state index contributed by atoms with van der Waals surface area (Å²) in [7, 11) is 1.74. The number of hydrogen-bond donors (Lipinski definition) is 1. The third-order valence-corrected chi connectivity index (χ3v) is 3.53. The monoisotopic (exact) mass is 299 g/mol. The number of amides is 1. The molecule has 2 aromatic heterocycles. The van der Waals surface area contributed by atoms with Gasteiger partial charge in [0.25, 0.3) is 5.91 Å². The van der Waals surface area contributed by atoms with Crippen molar-refractivity contribution in [2.75, 3.05) is 18.9 Å². The number of aryl methyl sites for hydroxylation is 1. The number of carbonyl (C=O) groups is 1. The predicted molar refractivity (Wildman–Crippen MR) is 85.7 cm³/mol. The molecule has 0 aliphatic rings. The number of carbonyl (C=O) groups excluding carboxylic acids is 1. The molecule has 1 atom stereocenters. The lowest BCUT2D eigenvalue weighted by atomic mass is 10.1. The van der Waals surface area contributed by atoms with Gasteiger partial charge in [0.15, 0.2) is 0 Å². The van der Waals surface area contributed by atoms with E-state index in [1.807, 2.05) is 32.9 Å². The smallest absolute Gasteiger partial charge is 0.273 e. The van der Waals surface area contributed by atoms with Gasteiger partial charge in [0, 0.05) is 31.7 Å². The first-order valence-electron chi connectivity index (χ1n) is 7.31. The van der Waals surface area contributed by atoms with Crippen molar-refractivity contribution in [3.05, 3.63) is 47.5 Å². The summed E-state index contributed by atoms with van der Waals surface area (Å²) in [5.74, 6) is 0.342. The van der Waals surface area contributed by atoms with Gasteiger partial charge in [-0.3, -0.25) is 9.78 Å². The Bertz CT molecular complexity index is 644. The largest absolute Gasteiger partial charge is 0.357 e. The van der Waals surface area contributed by atoms with Crippen molar-refractivity contribution in [2.24, 2.45) is 0 Å². The number of aromatic nitrogens is 3. The molecule has 0 radical (unpaired) electrons. The molecule has 2 rings (SSSR count). The van der Waals surface area contributed by atoms with Crippen LogP contribution in [0.1, 0.15) is 41.6 Å². The minimum Gasteiger partial charge on any atom is -0.357 e. The van der Waals surface area contributed by atoms with Gasteiger partial charge in [0.1, 0.15) is 5.69 Å². The van der Waals surface area contributed by atoms with Crippen molar-refractivity contribution in [3.8, 4) is 0 Å². The van der Waals surface area contributed by atoms with Gasteiger partial charge in [-0.15, -0.1) is 0 Å². The van der Waals surface area contributed by atoms with E-state index in [-0.39, 0.29) is 11.9 Å². The van der Waals surface area contributed by atoms with E-state index in [9.17, 15) is 4.79 Å². The topological polar surface area (TPSA) is 71.0 Å². The summed E-state index contributed by atoms with van der Waals surface area (Å²) in [5.41, 5.74) is 2.15. The van der Waals surface area contributed by atoms with Crippen molar-refractivity contribution in [3.63, 3.8) is 0 Å². The molecule has 22 heavy (non-hydrogen) atoms. The molecule has 2 heterocycles. The van der Waals surface area contributed by atoms with Crippen molar-refractivity contribution < 1.29 is 4.79 Å². The lowest BCUT2D eigenvalue weighted by Gasteiger charge is -2.28. The summed E-state index contributed by atoms with van der Waals surface area (Å²) >= 11 is 0. The van der Waals surface area contributed by atoms with Crippen LogP contribution in [0, 0.1) is 6.92 Å². The molecule has 0 aliphatic carbocycles. The second-order valence-electron chi connectivity index (χ2n) is 5.02. The Hall–Kier alpha value is -2.50. The third kappa shape index (κ3) is 3.39. The summed E-state index contributed by atoms with van der Waals surface area (Å²) in [4.78, 5) is 27.2. The molecule has 1 unspecified atom stereocenters. The number of nitrogens with one attached hydrogen (secondary N) is 1. The fourth-order valence-corrected chi connectivity index (χ4v) is 2.33. The minimum atomic E-state index is -0.110. The average Bonchev–Trinajstić information content (AvgIpc) is 2.55. The van der Waals surface area contributed by atoms with Crippen LogP contribution in [0.5, 0.6) is 0 Å². The van der Waals surface area contributed by atoms with E-state index in [2.05, 4.69) is 20.3 Å². The summed E-state index contributed by atoms with van der Waals surface area (Å²) < 4.78 is 0. The Balaban J connectivity index is 2.31. The van der Waals surface area contributed by atoms with Gasteiger partial charge in [-0.2, -0.15) is 0 Å². The molecular formula is C16H21N5O. The van der Waals surface area contributed by atoms with Crippen LogP contribution in [0.2, 0.25) is 0 Å². The first-order valence-corrected chi connectivity index (χ1v) is 7.31. The highest BCUT2D eigenvalue weighted by Crippen LogP contribution is 2.21. The summed E-state index contributed by atoms with van der Waals surface area (Å²) in [5, 5.41) is 2.88. The maximum Gasteiger partial charge on any atom is 0.273 e. The Morgan fingerprint density at radius 2 is 2.18 bits per heavy atom. The van der Waals surface area contributed by atoms with Gasteiger partial charge >= 0.3 is 0 Å². The molecule has 2 aromatic rings. The Labute approximate surface area is 130 Å². The molecule has 0 saturated carbocycles. The quantitative estimate of drug-likeness (QED) is 0.918. The van der Waals surface area contributed by atoms with E-state index < -0.39 is 0 Å². The van der Waals surface area contributed by atoms with Crippen molar-refractivity contribution in [2.45, 2.75) is 26.8 Å². The number of anilines is 1. The van der Waals surface area contributed by atoms with Crippen molar-refractivity contribution in [1.82, 2.24) is 19.9 Å². The molecule has 0 spiro atoms. The highest BCUT2D eigenvalue weighted by atomic mass is 16.2. The molecule has 1 N–H and O–H groups in total. The second kappa shape index (κ2) is 6.98. The highest BCUT2D eigenvalue weighted by molar-refractivity contribution is 5.93. The number of pyridine rings is 1. The number of nitrogens with zero attached hydrogens (tertiary/aromatic N) is 4. The molecule has 0 aromatic carbocycles. The third-order valence-electron chi connectivity index (χ3n) is 3.53. The molecule has 0 saturated heterocycles. The molecule has 1 amide bonds. The molecule has 0 aliphatic heterocycles. The standard InChI is InChI=1S/C16H21N5O/c1-5-21(12(3)13-7-6-8-18-10-13)15(22)14-9-11(2)19-16(17-4)20-14/h6-10,12H,5H2,1-4H3,(H,17,19,20). The zero-order valence-electron chi connectivity index (χ0n) is 13.4. The zero-order chi connectivity index (χ0) is 16.1. The van der Waals surface area contributed by atoms with Gasteiger partial charge in [-0.1, -0.05) is 6.07 Å². The molecule has 6 nitrogen and oxygen atoms in total. The maximum atomic E-state index is 12.8. The molecule has 0 fully saturated rings. The lowest BCUT2D eigenvalue weighted by molar-refractivity contribution is 0.0696. The van der Waals surface area contributed by atoms with Gasteiger partial charge in [0.05, 0.1) is 6.04 Å². The molecule has 6 heteroatoms. The van der Waals surface area contributed by atoms with Crippen LogP contribution in [-0.2, 0) is 0 Å². The van der Waals surface area contributed by atoms with E-state index in [1.54, 1.807) is 30.4 Å². The van der Waals surface area contributed by atoms with Crippen LogP contribution in [0.15, 0.2) is 30.6 Å². The van der Waals surface area contributed by atoms with Crippen LogP contribution in [0.25, 0.3) is 0 Å². The molecular weight excluding hydrogens is 278 g/mol. The van der Waals surface area contributed by atoms with Crippen molar-refractivity contribution in [1.29, 1.82) is 0 Å². The summed E-state index contributed by atoms with van der Waals surface area (Å²) in [6.07, 6.45) is 3.51. The Kier molecular flexibility index (Phi) is 5.04. The van der Waals surface area contributed by atoms with Gasteiger partial charge < -0.3 is 10.2 Å². The van der Waals surface area contributed by atoms with E-state index in [1.165, 1.54) is 0 Å². The summed E-state index contributed by atoms with van der Waals surface area (Å²) in [6, 6.07) is 5.48. The van der Waals surface area contributed by atoms with E-state index in [0.717, 1.165) is 11.3 Å². The van der Waals surface area contributed by atoms with Gasteiger partial charge in [-0.05, 0) is 38.5 Å². The normalized spacial score (nSPS) is 11.8. The number of hydrogen-bond acceptors (Lipinski definition) is 5. The fraction of sp³-hybridized carbons (Fsp3) is 0.375. The van der Waals surface area contributed by atoms with Gasteiger partial charge in [-0.25, -0.2) is 9.97 Å². The van der Waals surface area contributed by atoms with Crippen LogP contribution in [0.3, 0.4) is 0 Å². The molecule has 116 valence electrons. The first kappa shape index (κ1) is 15.9. The second-order valence-corrected chi connectivity index (χ2v) is 5.02. The van der Waals surface area contributed by atoms with Crippen LogP contribution in [0.4, 0.5) is 5.95 Å². The zero-order valence-corrected chi connectivity index (χ0v) is 13.4. The van der Waals surface area contributed by atoms with E-state index in [4.69, 9.17) is 0 Å². The van der Waals surface area contributed by atoms with Crippen LogP contribution >= 0.6 is 0 Å². The lowest BCUT2D eigenvalue weighted by Crippen LogP contribution is -2.34. The molecule has 0 bridgehead atoms. The summed E-state index contributed by atoms with van der Waals surface area (Å²) in [6.45, 7) is 6.39. The van der Waals surface area contributed by atoms with Crippen molar-refractivity contribution >= 4 is 11.9 Å². The maximum absolute atomic E-state index is 12.8. The van der Waals surface area contributed by atoms with E-state index in [0.29, 0.717) is 18.2 Å². The highest BCUT2D eigenvalue weighted by Gasteiger charge is 2.23. The van der Waals surface area contributed by atoms with Crippen LogP contribution in [-0.4, -0.2) is 39.4 Å². The fourth-order valence-electron chi connectivity index (χ4n) is 2.33. The van der Waals surface area contributed by atoms with E-state index >= 15 is 0 Å². The van der Waals surface area contributed by atoms with Gasteiger partial charge in [0.2, 0.25) is 5.95 Å². The minimum absolute atomic E-state index is 0.0699. The average molecular weight is 299 g/mol. The first-order chi connectivity index (χ1) is 10.6. The predicted octanol–water partition coefficient (Wildman–Crippen LogP) is 2.45. The Morgan fingerprint density at radius 1 is 1.41 bits per heavy atom. The SMILES string of the molecule is CCN(C(=O)c1cc(C)nc(NC)n1)C(C)c1cccnc1.